The number of aliphatic carboxylic acids is 1. The normalized spacial score (nSPS) is 10.1. The van der Waals surface area contributed by atoms with Crippen molar-refractivity contribution in [2.75, 3.05) is 25.9 Å². The minimum atomic E-state index is -0.938. The van der Waals surface area contributed by atoms with Gasteiger partial charge in [0.25, 0.3) is 5.91 Å². The summed E-state index contributed by atoms with van der Waals surface area (Å²) in [6.07, 6.45) is 0.785. The van der Waals surface area contributed by atoms with Gasteiger partial charge in [0.05, 0.1) is 18.7 Å². The molecule has 0 aliphatic carbocycles. The Labute approximate surface area is 118 Å². The van der Waals surface area contributed by atoms with Gasteiger partial charge in [-0.2, -0.15) is 0 Å². The molecule has 20 heavy (non-hydrogen) atoms. The highest BCUT2D eigenvalue weighted by atomic mass is 16.5. The van der Waals surface area contributed by atoms with Crippen LogP contribution in [0, 0.1) is 0 Å². The van der Waals surface area contributed by atoms with Gasteiger partial charge in [-0.15, -0.1) is 0 Å². The Hall–Kier alpha value is -2.24. The van der Waals surface area contributed by atoms with E-state index in [0.29, 0.717) is 23.6 Å². The summed E-state index contributed by atoms with van der Waals surface area (Å²) < 4.78 is 5.43. The molecule has 0 unspecified atom stereocenters. The van der Waals surface area contributed by atoms with Gasteiger partial charge in [0.15, 0.2) is 0 Å². The number of nitrogens with zero attached hydrogens (tertiary/aromatic N) is 1. The molecule has 0 spiro atoms. The summed E-state index contributed by atoms with van der Waals surface area (Å²) >= 11 is 0. The fourth-order valence-corrected chi connectivity index (χ4v) is 1.61. The number of anilines is 1. The van der Waals surface area contributed by atoms with E-state index in [-0.39, 0.29) is 18.9 Å². The third kappa shape index (κ3) is 4.46. The Bertz CT molecular complexity index is 488. The smallest absolute Gasteiger partial charge is 0.305 e. The lowest BCUT2D eigenvalue weighted by Gasteiger charge is -2.17. The molecule has 1 amide bonds. The van der Waals surface area contributed by atoms with E-state index >= 15 is 0 Å². The number of hydrogen-bond acceptors (Lipinski definition) is 4. The Balaban J connectivity index is 2.73. The van der Waals surface area contributed by atoms with Crippen LogP contribution in [-0.2, 0) is 4.79 Å². The molecule has 0 aliphatic heterocycles. The summed E-state index contributed by atoms with van der Waals surface area (Å²) in [6.45, 7) is 2.71. The molecule has 0 saturated heterocycles. The van der Waals surface area contributed by atoms with E-state index in [4.69, 9.17) is 15.6 Å². The zero-order valence-corrected chi connectivity index (χ0v) is 11.8. The highest BCUT2D eigenvalue weighted by Gasteiger charge is 2.14. The first-order valence-corrected chi connectivity index (χ1v) is 6.45. The molecule has 1 rings (SSSR count). The number of carbonyl (C=O) groups is 2. The second kappa shape index (κ2) is 7.37. The topological polar surface area (TPSA) is 92.9 Å². The highest BCUT2D eigenvalue weighted by Crippen LogP contribution is 2.23. The monoisotopic (exact) mass is 280 g/mol. The summed E-state index contributed by atoms with van der Waals surface area (Å²) in [6, 6.07) is 4.83. The molecule has 0 heterocycles. The molecule has 0 saturated carbocycles. The quantitative estimate of drug-likeness (QED) is 0.740. The van der Waals surface area contributed by atoms with Crippen LogP contribution >= 0.6 is 0 Å². The van der Waals surface area contributed by atoms with E-state index in [0.717, 1.165) is 6.42 Å². The Morgan fingerprint density at radius 3 is 2.65 bits per heavy atom. The van der Waals surface area contributed by atoms with E-state index in [9.17, 15) is 9.59 Å². The van der Waals surface area contributed by atoms with Crippen LogP contribution in [0.25, 0.3) is 0 Å². The van der Waals surface area contributed by atoms with Crippen LogP contribution < -0.4 is 10.5 Å². The highest BCUT2D eigenvalue weighted by molar-refractivity contribution is 5.95. The fourth-order valence-electron chi connectivity index (χ4n) is 1.61. The number of rotatable bonds is 7. The van der Waals surface area contributed by atoms with Crippen molar-refractivity contribution in [3.8, 4) is 5.75 Å². The van der Waals surface area contributed by atoms with Crippen molar-refractivity contribution in [1.29, 1.82) is 0 Å². The molecule has 3 N–H and O–H groups in total. The maximum Gasteiger partial charge on any atom is 0.305 e. The average Bonchev–Trinajstić information content (AvgIpc) is 2.42. The largest absolute Gasteiger partial charge is 0.491 e. The molecule has 0 aromatic heterocycles. The van der Waals surface area contributed by atoms with Crippen molar-refractivity contribution in [2.24, 2.45) is 0 Å². The van der Waals surface area contributed by atoms with Crippen LogP contribution in [0.2, 0.25) is 0 Å². The van der Waals surface area contributed by atoms with Crippen molar-refractivity contribution in [2.45, 2.75) is 19.8 Å². The van der Waals surface area contributed by atoms with Gasteiger partial charge in [0.1, 0.15) is 5.75 Å². The lowest BCUT2D eigenvalue weighted by molar-refractivity contribution is -0.137. The molecule has 0 atom stereocenters. The minimum absolute atomic E-state index is 0.0879. The molecule has 110 valence electrons. The van der Waals surface area contributed by atoms with Crippen molar-refractivity contribution in [3.05, 3.63) is 23.8 Å². The number of carboxylic acids is 1. The van der Waals surface area contributed by atoms with Crippen molar-refractivity contribution in [1.82, 2.24) is 4.90 Å². The third-order valence-corrected chi connectivity index (χ3v) is 2.73. The molecular weight excluding hydrogens is 260 g/mol. The number of nitrogen functional groups attached to an aromatic ring is 1. The van der Waals surface area contributed by atoms with Crippen LogP contribution in [0.5, 0.6) is 5.75 Å². The van der Waals surface area contributed by atoms with E-state index < -0.39 is 5.97 Å². The summed E-state index contributed by atoms with van der Waals surface area (Å²) in [5.74, 6) is -0.649. The summed E-state index contributed by atoms with van der Waals surface area (Å²) in [5.41, 5.74) is 6.65. The number of benzene rings is 1. The number of ether oxygens (including phenoxy) is 1. The molecule has 6 nitrogen and oxygen atoms in total. The first-order chi connectivity index (χ1) is 9.45. The van der Waals surface area contributed by atoms with E-state index in [2.05, 4.69) is 0 Å². The van der Waals surface area contributed by atoms with E-state index in [1.807, 2.05) is 6.92 Å². The zero-order valence-electron chi connectivity index (χ0n) is 11.8. The first kappa shape index (κ1) is 15.8. The molecule has 1 aromatic rings. The van der Waals surface area contributed by atoms with Gasteiger partial charge >= 0.3 is 5.97 Å². The summed E-state index contributed by atoms with van der Waals surface area (Å²) in [5, 5.41) is 8.60. The van der Waals surface area contributed by atoms with Gasteiger partial charge in [0.2, 0.25) is 0 Å². The number of nitrogens with two attached hydrogens (primary N) is 1. The minimum Gasteiger partial charge on any atom is -0.491 e. The van der Waals surface area contributed by atoms with Gasteiger partial charge in [0, 0.05) is 19.2 Å². The Kier molecular flexibility index (Phi) is 5.83. The van der Waals surface area contributed by atoms with Crippen molar-refractivity contribution in [3.63, 3.8) is 0 Å². The predicted octanol–water partition coefficient (Wildman–Crippen LogP) is 1.60. The first-order valence-electron chi connectivity index (χ1n) is 6.45. The van der Waals surface area contributed by atoms with Crippen LogP contribution in [-0.4, -0.2) is 42.1 Å². The molecule has 0 fully saturated rings. The molecule has 0 radical (unpaired) electrons. The Morgan fingerprint density at radius 2 is 2.10 bits per heavy atom. The van der Waals surface area contributed by atoms with Crippen molar-refractivity contribution >= 4 is 17.6 Å². The van der Waals surface area contributed by atoms with Gasteiger partial charge in [-0.3, -0.25) is 9.59 Å². The van der Waals surface area contributed by atoms with Gasteiger partial charge in [-0.05, 0) is 24.6 Å². The standard InChI is InChI=1S/C14H20N2O4/c1-3-8-20-12-5-4-10(9-11(12)15)14(19)16(2)7-6-13(17)18/h4-5,9H,3,6-8,15H2,1-2H3,(H,17,18). The maximum atomic E-state index is 12.1. The van der Waals surface area contributed by atoms with Crippen LogP contribution in [0.3, 0.4) is 0 Å². The molecular formula is C14H20N2O4. The summed E-state index contributed by atoms with van der Waals surface area (Å²) in [7, 11) is 1.56. The third-order valence-electron chi connectivity index (χ3n) is 2.73. The number of amides is 1. The average molecular weight is 280 g/mol. The molecule has 6 heteroatoms. The SMILES string of the molecule is CCCOc1ccc(C(=O)N(C)CCC(=O)O)cc1N. The van der Waals surface area contributed by atoms with Gasteiger partial charge in [-0.25, -0.2) is 0 Å². The second-order valence-corrected chi connectivity index (χ2v) is 4.47. The van der Waals surface area contributed by atoms with E-state index in [1.54, 1.807) is 25.2 Å². The lowest BCUT2D eigenvalue weighted by atomic mass is 10.1. The van der Waals surface area contributed by atoms with Crippen LogP contribution in [0.4, 0.5) is 5.69 Å². The van der Waals surface area contributed by atoms with E-state index in [1.165, 1.54) is 4.90 Å². The predicted molar refractivity (Wildman–Crippen MR) is 75.9 cm³/mol. The van der Waals surface area contributed by atoms with Crippen molar-refractivity contribution < 1.29 is 19.4 Å². The number of carbonyl (C=O) groups excluding carboxylic acids is 1. The number of hydrogen-bond donors (Lipinski definition) is 2. The second-order valence-electron chi connectivity index (χ2n) is 4.47. The Morgan fingerprint density at radius 1 is 1.40 bits per heavy atom. The van der Waals surface area contributed by atoms with Gasteiger partial charge < -0.3 is 20.5 Å². The lowest BCUT2D eigenvalue weighted by Crippen LogP contribution is -2.29. The summed E-state index contributed by atoms with van der Waals surface area (Å²) in [4.78, 5) is 23.9. The van der Waals surface area contributed by atoms with Crippen LogP contribution in [0.1, 0.15) is 30.1 Å². The van der Waals surface area contributed by atoms with Gasteiger partial charge in [-0.1, -0.05) is 6.92 Å². The zero-order chi connectivity index (χ0) is 15.1. The molecule has 0 bridgehead atoms. The fraction of sp³-hybridized carbons (Fsp3) is 0.429. The molecule has 1 aromatic carbocycles. The molecule has 0 aliphatic rings. The number of carboxylic acid groups (broad SMARTS) is 1. The van der Waals surface area contributed by atoms with Crippen LogP contribution in [0.15, 0.2) is 18.2 Å². The maximum absolute atomic E-state index is 12.1.